The van der Waals surface area contributed by atoms with Gasteiger partial charge in [0.1, 0.15) is 0 Å². The average Bonchev–Trinajstić information content (AvgIpc) is 3.14. The lowest BCUT2D eigenvalue weighted by Gasteiger charge is -2.16. The van der Waals surface area contributed by atoms with Gasteiger partial charge in [0.2, 0.25) is 5.88 Å². The molecule has 1 aromatic rings. The number of unbranched alkanes of at least 4 members (excludes halogenated alkanes) is 1. The molecule has 10 heteroatoms. The Hall–Kier alpha value is -2.23. The molecule has 2 saturated heterocycles. The van der Waals surface area contributed by atoms with Gasteiger partial charge in [-0.25, -0.2) is 9.59 Å². The molecule has 0 bridgehead atoms. The predicted octanol–water partition coefficient (Wildman–Crippen LogP) is 0.286. The molecule has 0 spiro atoms. The highest BCUT2D eigenvalue weighted by Crippen LogP contribution is 2.33. The molecule has 24 heavy (non-hydrogen) atoms. The lowest BCUT2D eigenvalue weighted by atomic mass is 10.0. The number of thioether (sulfide) groups is 1. The van der Waals surface area contributed by atoms with E-state index in [-0.39, 0.29) is 24.5 Å². The summed E-state index contributed by atoms with van der Waals surface area (Å²) >= 11 is 1.81. The Balaban J connectivity index is 1.39. The van der Waals surface area contributed by atoms with Gasteiger partial charge >= 0.3 is 12.0 Å². The van der Waals surface area contributed by atoms with Crippen LogP contribution in [-0.2, 0) is 4.79 Å². The molecule has 132 valence electrons. The van der Waals surface area contributed by atoms with Crippen LogP contribution in [0.1, 0.15) is 25.7 Å². The highest BCUT2D eigenvalue weighted by Gasteiger charge is 2.42. The fourth-order valence-electron chi connectivity index (χ4n) is 2.95. The molecule has 0 unspecified atom stereocenters. The van der Waals surface area contributed by atoms with Crippen molar-refractivity contribution in [3.05, 3.63) is 6.07 Å². The van der Waals surface area contributed by atoms with Crippen LogP contribution in [0.3, 0.4) is 0 Å². The van der Waals surface area contributed by atoms with Crippen molar-refractivity contribution >= 4 is 23.8 Å². The topological polar surface area (TPSA) is 133 Å². The van der Waals surface area contributed by atoms with Crippen molar-refractivity contribution in [1.82, 2.24) is 15.4 Å². The number of hydrogen-bond acceptors (Lipinski definition) is 7. The molecule has 0 saturated carbocycles. The molecule has 0 aromatic carbocycles. The van der Waals surface area contributed by atoms with Gasteiger partial charge in [-0.1, -0.05) is 6.42 Å². The van der Waals surface area contributed by atoms with Crippen LogP contribution in [0, 0.1) is 0 Å². The first kappa shape index (κ1) is 16.6. The molecule has 2 aliphatic rings. The number of amides is 2. The smallest absolute Gasteiger partial charge is 0.333 e. The van der Waals surface area contributed by atoms with Gasteiger partial charge in [0, 0.05) is 23.5 Å². The van der Waals surface area contributed by atoms with Crippen molar-refractivity contribution < 1.29 is 29.7 Å². The number of nitrogens with zero attached hydrogens (tertiary/aromatic N) is 1. The Morgan fingerprint density at radius 1 is 1.33 bits per heavy atom. The Morgan fingerprint density at radius 2 is 2.12 bits per heavy atom. The van der Waals surface area contributed by atoms with Gasteiger partial charge in [0.25, 0.3) is 5.88 Å². The predicted molar refractivity (Wildman–Crippen MR) is 85.0 cm³/mol. The van der Waals surface area contributed by atoms with Gasteiger partial charge in [0.15, 0.2) is 5.75 Å². The summed E-state index contributed by atoms with van der Waals surface area (Å²) in [6, 6.07) is 1.09. The van der Waals surface area contributed by atoms with Gasteiger partial charge in [-0.05, 0) is 12.8 Å². The highest BCUT2D eigenvalue weighted by atomic mass is 32.2. The van der Waals surface area contributed by atoms with Crippen LogP contribution >= 0.6 is 11.8 Å². The number of carbonyl (C=O) groups is 2. The zero-order chi connectivity index (χ0) is 17.3. The summed E-state index contributed by atoms with van der Waals surface area (Å²) in [6.45, 7) is 0. The number of aromatic hydroxyl groups is 3. The molecule has 2 amide bonds. The second kappa shape index (κ2) is 6.71. The Kier molecular flexibility index (Phi) is 4.65. The minimum Gasteiger partial charge on any atom is -0.503 e. The first-order valence-corrected chi connectivity index (χ1v) is 8.73. The minimum atomic E-state index is -0.723. The molecular formula is C14H19N3O6S. The Labute approximate surface area is 141 Å². The number of fused-ring (bicyclic) bond motifs is 1. The van der Waals surface area contributed by atoms with E-state index >= 15 is 0 Å². The van der Waals surface area contributed by atoms with Crippen molar-refractivity contribution in [2.75, 3.05) is 5.75 Å². The second-order valence-electron chi connectivity index (χ2n) is 5.84. The van der Waals surface area contributed by atoms with Crippen LogP contribution in [0.25, 0.3) is 0 Å². The number of nitrogens with one attached hydrogen (secondary N) is 2. The number of aromatic nitrogens is 1. The van der Waals surface area contributed by atoms with Gasteiger partial charge in [-0.15, -0.1) is 4.73 Å². The molecule has 2 aliphatic heterocycles. The quantitative estimate of drug-likeness (QED) is 0.365. The van der Waals surface area contributed by atoms with E-state index in [2.05, 4.69) is 10.6 Å². The van der Waals surface area contributed by atoms with Gasteiger partial charge in [-0.2, -0.15) is 11.8 Å². The maximum Gasteiger partial charge on any atom is 0.333 e. The maximum absolute atomic E-state index is 11.7. The fourth-order valence-corrected chi connectivity index (χ4v) is 4.50. The summed E-state index contributed by atoms with van der Waals surface area (Å²) < 4.78 is 0.481. The zero-order valence-corrected chi connectivity index (χ0v) is 13.6. The van der Waals surface area contributed by atoms with Crippen LogP contribution in [0.4, 0.5) is 4.79 Å². The van der Waals surface area contributed by atoms with Crippen LogP contribution in [-0.4, -0.2) is 55.1 Å². The molecule has 2 fully saturated rings. The lowest BCUT2D eigenvalue weighted by molar-refractivity contribution is -0.145. The molecule has 5 N–H and O–H groups in total. The van der Waals surface area contributed by atoms with Crippen molar-refractivity contribution in [1.29, 1.82) is 0 Å². The maximum atomic E-state index is 11.7. The largest absolute Gasteiger partial charge is 0.503 e. The van der Waals surface area contributed by atoms with Crippen molar-refractivity contribution in [3.63, 3.8) is 0 Å². The molecule has 0 radical (unpaired) electrons. The molecule has 3 heterocycles. The lowest BCUT2D eigenvalue weighted by Crippen LogP contribution is -2.36. The van der Waals surface area contributed by atoms with E-state index in [4.69, 9.17) is 4.84 Å². The van der Waals surface area contributed by atoms with Gasteiger partial charge in [-0.3, -0.25) is 0 Å². The van der Waals surface area contributed by atoms with Gasteiger partial charge < -0.3 is 30.8 Å². The molecule has 0 aliphatic carbocycles. The first-order chi connectivity index (χ1) is 11.5. The summed E-state index contributed by atoms with van der Waals surface area (Å²) in [4.78, 5) is 27.8. The normalized spacial score (nSPS) is 25.2. The van der Waals surface area contributed by atoms with Crippen LogP contribution in [0.5, 0.6) is 17.5 Å². The minimum absolute atomic E-state index is 0.117. The number of carbonyl (C=O) groups excluding carboxylic acids is 2. The van der Waals surface area contributed by atoms with E-state index in [9.17, 15) is 24.9 Å². The molecule has 9 nitrogen and oxygen atoms in total. The molecule has 3 rings (SSSR count). The average molecular weight is 357 g/mol. The van der Waals surface area contributed by atoms with Crippen LogP contribution in [0.15, 0.2) is 6.07 Å². The Bertz CT molecular complexity index is 649. The number of hydrogen-bond donors (Lipinski definition) is 5. The third kappa shape index (κ3) is 3.32. The van der Waals surface area contributed by atoms with Crippen molar-refractivity contribution in [2.24, 2.45) is 0 Å². The van der Waals surface area contributed by atoms with Crippen molar-refractivity contribution in [3.8, 4) is 17.5 Å². The fraction of sp³-hybridized carbons (Fsp3) is 0.571. The van der Waals surface area contributed by atoms with Crippen molar-refractivity contribution in [2.45, 2.75) is 43.0 Å². The zero-order valence-electron chi connectivity index (χ0n) is 12.8. The van der Waals surface area contributed by atoms with E-state index in [1.807, 2.05) is 11.8 Å². The highest BCUT2D eigenvalue weighted by molar-refractivity contribution is 8.00. The third-order valence-electron chi connectivity index (χ3n) is 4.15. The molecule has 1 aromatic heterocycles. The number of urea groups is 1. The third-order valence-corrected chi connectivity index (χ3v) is 5.65. The van der Waals surface area contributed by atoms with Crippen LogP contribution in [0.2, 0.25) is 0 Å². The van der Waals surface area contributed by atoms with E-state index < -0.39 is 23.5 Å². The second-order valence-corrected chi connectivity index (χ2v) is 7.11. The summed E-state index contributed by atoms with van der Waals surface area (Å²) in [7, 11) is 0. The molecule has 3 atom stereocenters. The van der Waals surface area contributed by atoms with Crippen LogP contribution < -0.4 is 15.5 Å². The van der Waals surface area contributed by atoms with E-state index in [1.165, 1.54) is 0 Å². The van der Waals surface area contributed by atoms with E-state index in [0.717, 1.165) is 24.7 Å². The van der Waals surface area contributed by atoms with E-state index in [1.54, 1.807) is 0 Å². The molecular weight excluding hydrogens is 338 g/mol. The standard InChI is InChI=1S/C14H19N3O6S/c18-8-5-10(19)17(13(8)21)23-11(20)4-2-1-3-9-12-7(6-24-9)15-14(22)16-12/h5,7,9,12,18-19,21H,1-4,6H2,(H2,15,16,22)/t7-,9-,12-/m0/s1. The van der Waals surface area contributed by atoms with Gasteiger partial charge in [0.05, 0.1) is 12.1 Å². The Morgan fingerprint density at radius 3 is 2.83 bits per heavy atom. The summed E-state index contributed by atoms with van der Waals surface area (Å²) in [5.74, 6) is -1.58. The summed E-state index contributed by atoms with van der Waals surface area (Å²) in [5, 5.41) is 34.2. The summed E-state index contributed by atoms with van der Waals surface area (Å²) in [6.07, 6.45) is 2.37. The van der Waals surface area contributed by atoms with E-state index in [0.29, 0.717) is 16.4 Å². The number of rotatable bonds is 6. The summed E-state index contributed by atoms with van der Waals surface area (Å²) in [5.41, 5.74) is 0. The SMILES string of the molecule is O=C1N[C@H]2[C@H](CS[C@H]2CCCCC(=O)On2c(O)cc(O)c2O)N1. The first-order valence-electron chi connectivity index (χ1n) is 7.68. The monoisotopic (exact) mass is 357 g/mol.